The van der Waals surface area contributed by atoms with Crippen LogP contribution >= 0.6 is 0 Å². The van der Waals surface area contributed by atoms with Crippen LogP contribution in [0.1, 0.15) is 29.5 Å². The fraction of sp³-hybridized carbons (Fsp3) is 0.360. The van der Waals surface area contributed by atoms with E-state index in [0.717, 1.165) is 11.1 Å². The maximum Gasteiger partial charge on any atom is 0.303 e. The van der Waals surface area contributed by atoms with E-state index in [1.165, 1.54) is 4.90 Å². The Morgan fingerprint density at radius 3 is 2.55 bits per heavy atom. The number of aliphatic carboxylic acids is 1. The van der Waals surface area contributed by atoms with Crippen molar-refractivity contribution in [2.24, 2.45) is 11.8 Å². The van der Waals surface area contributed by atoms with Gasteiger partial charge in [-0.1, -0.05) is 48.5 Å². The Morgan fingerprint density at radius 1 is 1.06 bits per heavy atom. The molecule has 0 saturated carbocycles. The zero-order valence-electron chi connectivity index (χ0n) is 18.2. The predicted molar refractivity (Wildman–Crippen MR) is 119 cm³/mol. The summed E-state index contributed by atoms with van der Waals surface area (Å²) in [5, 5.41) is 15.4. The number of hydrogen-bond acceptors (Lipinski definition) is 5. The summed E-state index contributed by atoms with van der Waals surface area (Å²) < 4.78 is 0. The Bertz CT molecular complexity index is 1160. The van der Waals surface area contributed by atoms with Crippen LogP contribution in [-0.2, 0) is 31.1 Å². The number of anilines is 1. The molecule has 3 aliphatic rings. The summed E-state index contributed by atoms with van der Waals surface area (Å²) in [5.74, 6) is -3.78. The van der Waals surface area contributed by atoms with E-state index in [9.17, 15) is 24.3 Å². The second-order valence-electron chi connectivity index (χ2n) is 9.01. The van der Waals surface area contributed by atoms with Gasteiger partial charge in [-0.2, -0.15) is 0 Å². The SMILES string of the molecule is Cc1cccc2c1NC(=O)[C@@]21N[C@H](CCC(=O)O)[C@H]2C(=O)N(CCc3ccccc3)C(=O)[C@H]21. The highest BCUT2D eigenvalue weighted by atomic mass is 16.4. The van der Waals surface area contributed by atoms with Crippen LogP contribution in [-0.4, -0.2) is 46.3 Å². The van der Waals surface area contributed by atoms with Gasteiger partial charge in [-0.05, 0) is 30.9 Å². The van der Waals surface area contributed by atoms with Gasteiger partial charge in [0, 0.05) is 30.3 Å². The zero-order valence-corrected chi connectivity index (χ0v) is 18.2. The molecule has 8 heteroatoms. The lowest BCUT2D eigenvalue weighted by molar-refractivity contribution is -0.143. The van der Waals surface area contributed by atoms with E-state index < -0.39 is 29.4 Å². The quantitative estimate of drug-likeness (QED) is 0.582. The standard InChI is InChI=1S/C25H25N3O5/c1-14-6-5-9-16-21(14)26-24(33)25(16)20-19(17(27-25)10-11-18(29)30)22(31)28(23(20)32)13-12-15-7-3-2-4-8-15/h2-9,17,19-20,27H,10-13H2,1H3,(H,26,33)(H,29,30)/t17-,19-,20+,25-/m1/s1. The number of carbonyl (C=O) groups excluding carboxylic acids is 3. The minimum atomic E-state index is -1.39. The largest absolute Gasteiger partial charge is 0.481 e. The summed E-state index contributed by atoms with van der Waals surface area (Å²) in [7, 11) is 0. The smallest absolute Gasteiger partial charge is 0.303 e. The Kier molecular flexibility index (Phi) is 5.05. The van der Waals surface area contributed by atoms with Crippen molar-refractivity contribution < 1.29 is 24.3 Å². The first-order valence-corrected chi connectivity index (χ1v) is 11.1. The van der Waals surface area contributed by atoms with Crippen LogP contribution in [0.4, 0.5) is 5.69 Å². The number of fused-ring (bicyclic) bond motifs is 4. The van der Waals surface area contributed by atoms with Crippen molar-refractivity contribution >= 4 is 29.4 Å². The average Bonchev–Trinajstić information content (AvgIpc) is 3.38. The van der Waals surface area contributed by atoms with Gasteiger partial charge in [-0.25, -0.2) is 0 Å². The monoisotopic (exact) mass is 447 g/mol. The second kappa shape index (κ2) is 7.81. The van der Waals surface area contributed by atoms with Gasteiger partial charge >= 0.3 is 5.97 Å². The molecule has 2 aromatic rings. The van der Waals surface area contributed by atoms with E-state index in [1.807, 2.05) is 49.4 Å². The lowest BCUT2D eigenvalue weighted by Gasteiger charge is -2.29. The van der Waals surface area contributed by atoms with Crippen molar-refractivity contribution in [1.82, 2.24) is 10.2 Å². The van der Waals surface area contributed by atoms with Crippen molar-refractivity contribution in [3.8, 4) is 0 Å². The van der Waals surface area contributed by atoms with Gasteiger partial charge in [-0.3, -0.25) is 29.4 Å². The summed E-state index contributed by atoms with van der Waals surface area (Å²) in [5.41, 5.74) is 1.78. The summed E-state index contributed by atoms with van der Waals surface area (Å²) in [6.07, 6.45) is 0.503. The molecule has 0 radical (unpaired) electrons. The molecule has 0 bridgehead atoms. The van der Waals surface area contributed by atoms with Gasteiger partial charge < -0.3 is 10.4 Å². The third-order valence-corrected chi connectivity index (χ3v) is 7.19. The first-order chi connectivity index (χ1) is 15.8. The zero-order chi connectivity index (χ0) is 23.3. The fourth-order valence-electron chi connectivity index (χ4n) is 5.67. The number of carboxylic acids is 1. The number of benzene rings is 2. The van der Waals surface area contributed by atoms with Crippen molar-refractivity contribution in [3.05, 3.63) is 65.2 Å². The molecule has 8 nitrogen and oxygen atoms in total. The summed E-state index contributed by atoms with van der Waals surface area (Å²) in [6.45, 7) is 2.10. The van der Waals surface area contributed by atoms with Gasteiger partial charge in [0.2, 0.25) is 17.7 Å². The van der Waals surface area contributed by atoms with Gasteiger partial charge in [0.25, 0.3) is 0 Å². The summed E-state index contributed by atoms with van der Waals surface area (Å²) in [6, 6.07) is 14.5. The molecule has 170 valence electrons. The molecular weight excluding hydrogens is 422 g/mol. The number of imide groups is 1. The number of nitrogens with one attached hydrogen (secondary N) is 2. The number of hydrogen-bond donors (Lipinski definition) is 3. The van der Waals surface area contributed by atoms with E-state index in [1.54, 1.807) is 6.07 Å². The number of nitrogens with zero attached hydrogens (tertiary/aromatic N) is 1. The normalized spacial score (nSPS) is 27.7. The maximum atomic E-state index is 13.7. The van der Waals surface area contributed by atoms with Crippen LogP contribution in [0.25, 0.3) is 0 Å². The number of carboxylic acid groups (broad SMARTS) is 1. The van der Waals surface area contributed by atoms with E-state index in [4.69, 9.17) is 0 Å². The molecule has 2 fully saturated rings. The van der Waals surface area contributed by atoms with E-state index >= 15 is 0 Å². The van der Waals surface area contributed by atoms with Crippen LogP contribution in [0.5, 0.6) is 0 Å². The second-order valence-corrected chi connectivity index (χ2v) is 9.01. The number of amides is 3. The summed E-state index contributed by atoms with van der Waals surface area (Å²) in [4.78, 5) is 53.1. The first kappa shape index (κ1) is 21.3. The Balaban J connectivity index is 1.53. The van der Waals surface area contributed by atoms with Crippen molar-refractivity contribution in [2.45, 2.75) is 37.8 Å². The van der Waals surface area contributed by atoms with Gasteiger partial charge in [0.15, 0.2) is 0 Å². The predicted octanol–water partition coefficient (Wildman–Crippen LogP) is 1.82. The van der Waals surface area contributed by atoms with Crippen molar-refractivity contribution in [1.29, 1.82) is 0 Å². The number of likely N-dealkylation sites (tertiary alicyclic amines) is 1. The lowest BCUT2D eigenvalue weighted by atomic mass is 9.76. The average molecular weight is 447 g/mol. The van der Waals surface area contributed by atoms with Gasteiger partial charge in [0.1, 0.15) is 5.54 Å². The Hall–Kier alpha value is -3.52. The first-order valence-electron chi connectivity index (χ1n) is 11.1. The maximum absolute atomic E-state index is 13.7. The molecular formula is C25H25N3O5. The molecule has 5 rings (SSSR count). The molecule has 0 aromatic heterocycles. The number of para-hydroxylation sites is 1. The van der Waals surface area contributed by atoms with E-state index in [2.05, 4.69) is 10.6 Å². The number of rotatable bonds is 6. The topological polar surface area (TPSA) is 116 Å². The van der Waals surface area contributed by atoms with Crippen molar-refractivity contribution in [3.63, 3.8) is 0 Å². The molecule has 3 heterocycles. The number of carbonyl (C=O) groups is 4. The highest BCUT2D eigenvalue weighted by Crippen LogP contribution is 2.54. The van der Waals surface area contributed by atoms with Crippen LogP contribution < -0.4 is 10.6 Å². The molecule has 2 aromatic carbocycles. The highest BCUT2D eigenvalue weighted by molar-refractivity contribution is 6.15. The Morgan fingerprint density at radius 2 is 1.82 bits per heavy atom. The molecule has 33 heavy (non-hydrogen) atoms. The van der Waals surface area contributed by atoms with Crippen molar-refractivity contribution in [2.75, 3.05) is 11.9 Å². The van der Waals surface area contributed by atoms with Gasteiger partial charge in [0.05, 0.1) is 11.8 Å². The van der Waals surface area contributed by atoms with Gasteiger partial charge in [-0.15, -0.1) is 0 Å². The number of aryl methyl sites for hydroxylation is 1. The molecule has 4 atom stereocenters. The molecule has 2 saturated heterocycles. The van der Waals surface area contributed by atoms with Crippen LogP contribution in [0.2, 0.25) is 0 Å². The molecule has 0 unspecified atom stereocenters. The molecule has 3 N–H and O–H groups in total. The lowest BCUT2D eigenvalue weighted by Crippen LogP contribution is -2.53. The third kappa shape index (κ3) is 3.16. The van der Waals surface area contributed by atoms with Crippen LogP contribution in [0.3, 0.4) is 0 Å². The van der Waals surface area contributed by atoms with E-state index in [0.29, 0.717) is 17.7 Å². The van der Waals surface area contributed by atoms with Crippen LogP contribution in [0.15, 0.2) is 48.5 Å². The summed E-state index contributed by atoms with van der Waals surface area (Å²) >= 11 is 0. The molecule has 3 aliphatic heterocycles. The minimum absolute atomic E-state index is 0.151. The minimum Gasteiger partial charge on any atom is -0.481 e. The molecule has 3 amide bonds. The molecule has 1 spiro atoms. The third-order valence-electron chi connectivity index (χ3n) is 7.19. The Labute approximate surface area is 191 Å². The highest BCUT2D eigenvalue weighted by Gasteiger charge is 2.70. The molecule has 0 aliphatic carbocycles. The van der Waals surface area contributed by atoms with Crippen LogP contribution in [0, 0.1) is 18.8 Å². The van der Waals surface area contributed by atoms with E-state index in [-0.39, 0.29) is 37.1 Å². The fourth-order valence-corrected chi connectivity index (χ4v) is 5.67.